The van der Waals surface area contributed by atoms with Gasteiger partial charge in [0.15, 0.2) is 17.4 Å². The second-order valence-corrected chi connectivity index (χ2v) is 6.92. The number of allylic oxidation sites excluding steroid dienone is 2. The van der Waals surface area contributed by atoms with Crippen molar-refractivity contribution in [1.29, 1.82) is 0 Å². The second kappa shape index (κ2) is 10.2. The number of methoxy groups -OCH3 is 2. The lowest BCUT2D eigenvalue weighted by atomic mass is 10.0. The first-order chi connectivity index (χ1) is 15.0. The van der Waals surface area contributed by atoms with E-state index in [2.05, 4.69) is 0 Å². The summed E-state index contributed by atoms with van der Waals surface area (Å²) in [7, 11) is 2.29. The Hall–Kier alpha value is -3.20. The molecule has 0 aromatic heterocycles. The standard InChI is InChI=1S/C22H23F2NO6/c1-28-21(26)16-5-3-4-8-25(19(16)22(27)29-2)15-11-17(23)20(18(24)12-15)31-13-14-6-9-30-10-7-14/h3-5,8,11-12,14H,6-7,9-10,13H2,1-2H3. The second-order valence-electron chi connectivity index (χ2n) is 6.92. The fourth-order valence-electron chi connectivity index (χ4n) is 3.30. The largest absolute Gasteiger partial charge is 0.487 e. The summed E-state index contributed by atoms with van der Waals surface area (Å²) >= 11 is 0. The van der Waals surface area contributed by atoms with E-state index in [9.17, 15) is 18.4 Å². The first-order valence-corrected chi connectivity index (χ1v) is 9.70. The Balaban J connectivity index is 1.94. The quantitative estimate of drug-likeness (QED) is 0.635. The number of hydrogen-bond acceptors (Lipinski definition) is 7. The van der Waals surface area contributed by atoms with Gasteiger partial charge < -0.3 is 23.8 Å². The van der Waals surface area contributed by atoms with Gasteiger partial charge in [0.05, 0.1) is 32.1 Å². The van der Waals surface area contributed by atoms with Crippen molar-refractivity contribution in [3.8, 4) is 5.75 Å². The first-order valence-electron chi connectivity index (χ1n) is 9.70. The fraction of sp³-hybridized carbons (Fsp3) is 0.364. The molecule has 0 unspecified atom stereocenters. The minimum Gasteiger partial charge on any atom is -0.487 e. The van der Waals surface area contributed by atoms with Crippen LogP contribution in [0.2, 0.25) is 0 Å². The fourth-order valence-corrected chi connectivity index (χ4v) is 3.30. The lowest BCUT2D eigenvalue weighted by Crippen LogP contribution is -2.27. The van der Waals surface area contributed by atoms with Gasteiger partial charge in [0, 0.05) is 31.5 Å². The average molecular weight is 435 g/mol. The van der Waals surface area contributed by atoms with Gasteiger partial charge in [-0.15, -0.1) is 0 Å². The molecule has 0 atom stereocenters. The minimum atomic E-state index is -0.934. The van der Waals surface area contributed by atoms with Crippen LogP contribution < -0.4 is 9.64 Å². The third-order valence-corrected chi connectivity index (χ3v) is 4.95. The summed E-state index contributed by atoms with van der Waals surface area (Å²) in [6, 6.07) is 2.05. The Kier molecular flexibility index (Phi) is 7.41. The predicted molar refractivity (Wildman–Crippen MR) is 107 cm³/mol. The van der Waals surface area contributed by atoms with E-state index in [1.165, 1.54) is 24.4 Å². The number of carbonyl (C=O) groups is 2. The maximum Gasteiger partial charge on any atom is 0.355 e. The van der Waals surface area contributed by atoms with E-state index >= 15 is 0 Å². The van der Waals surface area contributed by atoms with Gasteiger partial charge in [0.1, 0.15) is 5.70 Å². The van der Waals surface area contributed by atoms with Crippen LogP contribution in [0.1, 0.15) is 12.8 Å². The van der Waals surface area contributed by atoms with Gasteiger partial charge >= 0.3 is 11.9 Å². The van der Waals surface area contributed by atoms with Crippen molar-refractivity contribution in [2.24, 2.45) is 5.92 Å². The zero-order valence-electron chi connectivity index (χ0n) is 17.2. The van der Waals surface area contributed by atoms with Gasteiger partial charge in [0.2, 0.25) is 0 Å². The Morgan fingerprint density at radius 3 is 2.32 bits per heavy atom. The highest BCUT2D eigenvalue weighted by Gasteiger charge is 2.29. The van der Waals surface area contributed by atoms with E-state index in [4.69, 9.17) is 18.9 Å². The van der Waals surface area contributed by atoms with Crippen molar-refractivity contribution in [2.75, 3.05) is 38.9 Å². The topological polar surface area (TPSA) is 74.3 Å². The van der Waals surface area contributed by atoms with Crippen molar-refractivity contribution in [3.63, 3.8) is 0 Å². The van der Waals surface area contributed by atoms with Crippen molar-refractivity contribution in [1.82, 2.24) is 0 Å². The lowest BCUT2D eigenvalue weighted by molar-refractivity contribution is -0.139. The zero-order chi connectivity index (χ0) is 22.4. The molecule has 0 aliphatic carbocycles. The molecule has 1 aromatic rings. The number of esters is 2. The van der Waals surface area contributed by atoms with Gasteiger partial charge in [-0.05, 0) is 30.9 Å². The number of benzene rings is 1. The maximum atomic E-state index is 14.8. The monoisotopic (exact) mass is 435 g/mol. The highest BCUT2D eigenvalue weighted by Crippen LogP contribution is 2.32. The molecule has 0 saturated carbocycles. The number of hydrogen-bond donors (Lipinski definition) is 0. The molecule has 1 fully saturated rings. The molecular weight excluding hydrogens is 412 g/mol. The summed E-state index contributed by atoms with van der Waals surface area (Å²) in [5.74, 6) is -3.89. The molecule has 31 heavy (non-hydrogen) atoms. The van der Waals surface area contributed by atoms with Crippen molar-refractivity contribution in [3.05, 3.63) is 59.5 Å². The predicted octanol–water partition coefficient (Wildman–Crippen LogP) is 3.26. The molecule has 2 aliphatic rings. The zero-order valence-corrected chi connectivity index (χ0v) is 17.2. The Bertz CT molecular complexity index is 911. The summed E-state index contributed by atoms with van der Waals surface area (Å²) in [6.45, 7) is 1.36. The summed E-state index contributed by atoms with van der Waals surface area (Å²) in [5, 5.41) is 0. The van der Waals surface area contributed by atoms with Crippen LogP contribution in [0.5, 0.6) is 5.75 Å². The number of rotatable bonds is 6. The van der Waals surface area contributed by atoms with Crippen molar-refractivity contribution >= 4 is 17.6 Å². The molecule has 2 heterocycles. The number of anilines is 1. The number of ether oxygens (including phenoxy) is 4. The molecule has 0 bridgehead atoms. The summed E-state index contributed by atoms with van der Waals surface area (Å²) in [5.41, 5.74) is -0.399. The molecule has 9 heteroatoms. The van der Waals surface area contributed by atoms with E-state index in [-0.39, 0.29) is 29.5 Å². The Morgan fingerprint density at radius 1 is 1.06 bits per heavy atom. The maximum absolute atomic E-state index is 14.8. The van der Waals surface area contributed by atoms with Gasteiger partial charge in [-0.3, -0.25) is 0 Å². The number of carbonyl (C=O) groups excluding carboxylic acids is 2. The van der Waals surface area contributed by atoms with Gasteiger partial charge in [-0.2, -0.15) is 0 Å². The SMILES string of the molecule is COC(=O)C1=C(C(=O)OC)N(c2cc(F)c(OCC3CCOCC3)c(F)c2)C=CC=C1. The van der Waals surface area contributed by atoms with Crippen LogP contribution >= 0.6 is 0 Å². The van der Waals surface area contributed by atoms with Crippen LogP contribution in [-0.2, 0) is 23.8 Å². The third-order valence-electron chi connectivity index (χ3n) is 4.95. The Morgan fingerprint density at radius 2 is 1.71 bits per heavy atom. The normalized spacial score (nSPS) is 16.8. The smallest absolute Gasteiger partial charge is 0.355 e. The molecule has 0 radical (unpaired) electrons. The average Bonchev–Trinajstić information content (AvgIpc) is 3.01. The molecule has 0 amide bonds. The molecule has 1 saturated heterocycles. The summed E-state index contributed by atoms with van der Waals surface area (Å²) in [6.07, 6.45) is 7.26. The van der Waals surface area contributed by atoms with Crippen LogP contribution in [0.15, 0.2) is 47.8 Å². The molecule has 166 valence electrons. The van der Waals surface area contributed by atoms with E-state index in [0.29, 0.717) is 13.2 Å². The van der Waals surface area contributed by atoms with Crippen LogP contribution in [0.4, 0.5) is 14.5 Å². The third kappa shape index (κ3) is 5.11. The molecule has 3 rings (SSSR count). The molecule has 7 nitrogen and oxygen atoms in total. The van der Waals surface area contributed by atoms with Gasteiger partial charge in [0.25, 0.3) is 0 Å². The number of nitrogens with zero attached hydrogens (tertiary/aromatic N) is 1. The minimum absolute atomic E-state index is 0.0323. The first kappa shape index (κ1) is 22.5. The molecule has 2 aliphatic heterocycles. The van der Waals surface area contributed by atoms with Crippen LogP contribution in [0.25, 0.3) is 0 Å². The van der Waals surface area contributed by atoms with Crippen LogP contribution in [-0.4, -0.2) is 46.0 Å². The molecular formula is C22H23F2NO6. The van der Waals surface area contributed by atoms with E-state index in [1.807, 2.05) is 0 Å². The number of halogens is 2. The lowest BCUT2D eigenvalue weighted by Gasteiger charge is -2.24. The molecule has 0 spiro atoms. The molecule has 0 N–H and O–H groups in total. The van der Waals surface area contributed by atoms with Crippen LogP contribution in [0, 0.1) is 17.6 Å². The van der Waals surface area contributed by atoms with Gasteiger partial charge in [-0.1, -0.05) is 6.08 Å². The highest BCUT2D eigenvalue weighted by molar-refractivity contribution is 6.05. The van der Waals surface area contributed by atoms with Crippen molar-refractivity contribution in [2.45, 2.75) is 12.8 Å². The molecule has 1 aromatic carbocycles. The highest BCUT2D eigenvalue weighted by atomic mass is 19.1. The van der Waals surface area contributed by atoms with E-state index in [0.717, 1.165) is 44.1 Å². The Labute approximate surface area is 178 Å². The summed E-state index contributed by atoms with van der Waals surface area (Å²) < 4.78 is 49.7. The van der Waals surface area contributed by atoms with E-state index < -0.39 is 29.3 Å². The van der Waals surface area contributed by atoms with Crippen LogP contribution in [0.3, 0.4) is 0 Å². The van der Waals surface area contributed by atoms with Gasteiger partial charge in [-0.25, -0.2) is 18.4 Å². The summed E-state index contributed by atoms with van der Waals surface area (Å²) in [4.78, 5) is 25.8. The van der Waals surface area contributed by atoms with Crippen molar-refractivity contribution < 1.29 is 37.3 Å². The van der Waals surface area contributed by atoms with E-state index in [1.54, 1.807) is 0 Å².